The first kappa shape index (κ1) is 10.1. The second kappa shape index (κ2) is 3.62. The molecular weight excluding hydrogens is 225 g/mol. The largest absolute Gasteiger partial charge is 0.444 e. The summed E-state index contributed by atoms with van der Waals surface area (Å²) >= 11 is 5.51. The number of hydrogen-bond donors (Lipinski definition) is 0. The molecule has 0 radical (unpaired) electrons. The molecular formula is C8H7ClFN3O2. The van der Waals surface area contributed by atoms with E-state index in [1.807, 2.05) is 0 Å². The molecule has 0 unspecified atom stereocenters. The Morgan fingerprint density at radius 1 is 1.73 bits per heavy atom. The molecule has 7 heteroatoms. The van der Waals surface area contributed by atoms with E-state index in [9.17, 15) is 9.18 Å². The van der Waals surface area contributed by atoms with E-state index >= 15 is 0 Å². The molecule has 1 aliphatic heterocycles. The third-order valence-corrected chi connectivity index (χ3v) is 2.10. The number of halogens is 2. The second-order valence-electron chi connectivity index (χ2n) is 3.12. The lowest BCUT2D eigenvalue weighted by molar-refractivity contribution is 0.149. The van der Waals surface area contributed by atoms with Crippen LogP contribution in [-0.4, -0.2) is 28.7 Å². The summed E-state index contributed by atoms with van der Waals surface area (Å²) in [5.41, 5.74) is 0. The molecule has 2 rings (SSSR count). The summed E-state index contributed by atoms with van der Waals surface area (Å²) in [5.74, 6) is -0.852. The van der Waals surface area contributed by atoms with E-state index in [4.69, 9.17) is 16.3 Å². The smallest absolute Gasteiger partial charge is 0.416 e. The standard InChI is InChI=1S/C8H7ClFN3O2/c1-4-3-13(8(14)15-4)6-5(10)2-11-7(9)12-6/h2,4H,3H2,1H3/t4-/m1/s1. The third-order valence-electron chi connectivity index (χ3n) is 1.91. The Morgan fingerprint density at radius 2 is 2.47 bits per heavy atom. The number of amides is 1. The molecule has 1 saturated heterocycles. The molecule has 2 heterocycles. The van der Waals surface area contributed by atoms with Gasteiger partial charge in [0, 0.05) is 0 Å². The van der Waals surface area contributed by atoms with E-state index in [1.54, 1.807) is 6.92 Å². The van der Waals surface area contributed by atoms with Gasteiger partial charge in [0.25, 0.3) is 0 Å². The summed E-state index contributed by atoms with van der Waals surface area (Å²) in [6, 6.07) is 0. The zero-order valence-corrected chi connectivity index (χ0v) is 8.53. The number of nitrogens with zero attached hydrogens (tertiary/aromatic N) is 3. The van der Waals surface area contributed by atoms with Gasteiger partial charge >= 0.3 is 6.09 Å². The average molecular weight is 232 g/mol. The van der Waals surface area contributed by atoms with Crippen LogP contribution in [0, 0.1) is 5.82 Å². The van der Waals surface area contributed by atoms with Crippen LogP contribution in [0.1, 0.15) is 6.92 Å². The number of aromatic nitrogens is 2. The average Bonchev–Trinajstić information content (AvgIpc) is 2.50. The lowest BCUT2D eigenvalue weighted by atomic mass is 10.4. The second-order valence-corrected chi connectivity index (χ2v) is 3.45. The molecule has 0 N–H and O–H groups in total. The Kier molecular flexibility index (Phi) is 2.44. The maximum atomic E-state index is 13.3. The van der Waals surface area contributed by atoms with Crippen molar-refractivity contribution in [1.82, 2.24) is 9.97 Å². The van der Waals surface area contributed by atoms with Crippen molar-refractivity contribution in [3.05, 3.63) is 17.3 Å². The molecule has 0 aliphatic carbocycles. The molecule has 1 aromatic heterocycles. The fraction of sp³-hybridized carbons (Fsp3) is 0.375. The summed E-state index contributed by atoms with van der Waals surface area (Å²) in [7, 11) is 0. The van der Waals surface area contributed by atoms with Crippen LogP contribution in [0.15, 0.2) is 6.20 Å². The van der Waals surface area contributed by atoms with E-state index in [2.05, 4.69) is 9.97 Å². The molecule has 1 fully saturated rings. The topological polar surface area (TPSA) is 55.3 Å². The van der Waals surface area contributed by atoms with Crippen LogP contribution in [0.4, 0.5) is 15.0 Å². The molecule has 1 aromatic rings. The van der Waals surface area contributed by atoms with Crippen LogP contribution in [0.3, 0.4) is 0 Å². The van der Waals surface area contributed by atoms with Gasteiger partial charge in [-0.05, 0) is 18.5 Å². The quantitative estimate of drug-likeness (QED) is 0.689. The van der Waals surface area contributed by atoms with Gasteiger partial charge in [-0.1, -0.05) is 0 Å². The SMILES string of the molecule is C[C@@H]1CN(c2nc(Cl)ncc2F)C(=O)O1. The first-order valence-electron chi connectivity index (χ1n) is 4.24. The van der Waals surface area contributed by atoms with Crippen molar-refractivity contribution in [2.24, 2.45) is 0 Å². The number of carbonyl (C=O) groups is 1. The van der Waals surface area contributed by atoms with Crippen molar-refractivity contribution in [3.63, 3.8) is 0 Å². The minimum absolute atomic E-state index is 0.112. The van der Waals surface area contributed by atoms with E-state index in [0.29, 0.717) is 0 Å². The zero-order valence-electron chi connectivity index (χ0n) is 7.78. The molecule has 1 amide bonds. The maximum Gasteiger partial charge on any atom is 0.416 e. The number of anilines is 1. The summed E-state index contributed by atoms with van der Waals surface area (Å²) in [6.07, 6.45) is 0.00260. The minimum Gasteiger partial charge on any atom is -0.444 e. The molecule has 5 nitrogen and oxygen atoms in total. The fourth-order valence-electron chi connectivity index (χ4n) is 1.30. The predicted octanol–water partition coefficient (Wildman–Crippen LogP) is 1.61. The Labute approximate surface area is 89.8 Å². The Hall–Kier alpha value is -1.43. The monoisotopic (exact) mass is 231 g/mol. The van der Waals surface area contributed by atoms with Gasteiger partial charge in [-0.2, -0.15) is 4.98 Å². The number of ether oxygens (including phenoxy) is 1. The van der Waals surface area contributed by atoms with Gasteiger partial charge in [0.05, 0.1) is 12.7 Å². The highest BCUT2D eigenvalue weighted by molar-refractivity contribution is 6.28. The van der Waals surface area contributed by atoms with Crippen LogP contribution < -0.4 is 4.90 Å². The first-order valence-corrected chi connectivity index (χ1v) is 4.62. The van der Waals surface area contributed by atoms with Crippen molar-refractivity contribution in [2.75, 3.05) is 11.4 Å². The van der Waals surface area contributed by atoms with Gasteiger partial charge in [-0.3, -0.25) is 4.90 Å². The molecule has 0 saturated carbocycles. The number of rotatable bonds is 1. The Morgan fingerprint density at radius 3 is 3.07 bits per heavy atom. The lowest BCUT2D eigenvalue weighted by Gasteiger charge is -2.11. The maximum absolute atomic E-state index is 13.3. The highest BCUT2D eigenvalue weighted by Crippen LogP contribution is 2.22. The van der Waals surface area contributed by atoms with Gasteiger partial charge < -0.3 is 4.74 Å². The zero-order chi connectivity index (χ0) is 11.0. The summed E-state index contributed by atoms with van der Waals surface area (Å²) in [6.45, 7) is 1.96. The summed E-state index contributed by atoms with van der Waals surface area (Å²) in [4.78, 5) is 19.5. The number of carbonyl (C=O) groups excluding carboxylic acids is 1. The van der Waals surface area contributed by atoms with E-state index < -0.39 is 11.9 Å². The van der Waals surface area contributed by atoms with Gasteiger partial charge in [0.2, 0.25) is 5.28 Å². The van der Waals surface area contributed by atoms with Crippen molar-refractivity contribution in [1.29, 1.82) is 0 Å². The van der Waals surface area contributed by atoms with Crippen LogP contribution in [-0.2, 0) is 4.74 Å². The highest BCUT2D eigenvalue weighted by Gasteiger charge is 2.32. The summed E-state index contributed by atoms with van der Waals surface area (Å²) < 4.78 is 18.1. The van der Waals surface area contributed by atoms with E-state index in [-0.39, 0.29) is 23.8 Å². The van der Waals surface area contributed by atoms with Crippen LogP contribution >= 0.6 is 11.6 Å². The number of cyclic esters (lactones) is 1. The molecule has 80 valence electrons. The molecule has 0 spiro atoms. The highest BCUT2D eigenvalue weighted by atomic mass is 35.5. The lowest BCUT2D eigenvalue weighted by Crippen LogP contribution is -2.26. The number of hydrogen-bond acceptors (Lipinski definition) is 4. The molecule has 1 atom stereocenters. The van der Waals surface area contributed by atoms with Crippen molar-refractivity contribution in [3.8, 4) is 0 Å². The van der Waals surface area contributed by atoms with Gasteiger partial charge in [-0.25, -0.2) is 14.2 Å². The van der Waals surface area contributed by atoms with Gasteiger partial charge in [-0.15, -0.1) is 0 Å². The molecule has 15 heavy (non-hydrogen) atoms. The van der Waals surface area contributed by atoms with Crippen LogP contribution in [0.5, 0.6) is 0 Å². The van der Waals surface area contributed by atoms with E-state index in [0.717, 1.165) is 11.1 Å². The van der Waals surface area contributed by atoms with Crippen LogP contribution in [0.2, 0.25) is 5.28 Å². The van der Waals surface area contributed by atoms with Crippen LogP contribution in [0.25, 0.3) is 0 Å². The van der Waals surface area contributed by atoms with Gasteiger partial charge in [0.15, 0.2) is 11.6 Å². The Balaban J connectivity index is 2.37. The predicted molar refractivity (Wildman–Crippen MR) is 50.3 cm³/mol. The minimum atomic E-state index is -0.703. The van der Waals surface area contributed by atoms with Crippen molar-refractivity contribution >= 4 is 23.5 Å². The van der Waals surface area contributed by atoms with Crippen molar-refractivity contribution < 1.29 is 13.9 Å². The molecule has 1 aliphatic rings. The summed E-state index contributed by atoms with van der Waals surface area (Å²) in [5, 5.41) is -0.112. The van der Waals surface area contributed by atoms with Gasteiger partial charge in [0.1, 0.15) is 6.10 Å². The third kappa shape index (κ3) is 1.85. The van der Waals surface area contributed by atoms with Crippen molar-refractivity contribution in [2.45, 2.75) is 13.0 Å². The fourth-order valence-corrected chi connectivity index (χ4v) is 1.43. The molecule has 0 bridgehead atoms. The van der Waals surface area contributed by atoms with E-state index in [1.165, 1.54) is 0 Å². The first-order chi connectivity index (χ1) is 7.08. The Bertz CT molecular complexity index is 415. The normalized spacial score (nSPS) is 20.6. The molecule has 0 aromatic carbocycles.